The molecule has 1 unspecified atom stereocenters. The first-order valence-corrected chi connectivity index (χ1v) is 8.23. The number of ether oxygens (including phenoxy) is 1. The number of rotatable bonds is 4. The van der Waals surface area contributed by atoms with Crippen LogP contribution < -0.4 is 15.0 Å². The van der Waals surface area contributed by atoms with Gasteiger partial charge in [-0.15, -0.1) is 0 Å². The zero-order valence-corrected chi connectivity index (χ0v) is 14.4. The average molecular weight is 362 g/mol. The predicted molar refractivity (Wildman–Crippen MR) is 93.9 cm³/mol. The van der Waals surface area contributed by atoms with Gasteiger partial charge in [0.1, 0.15) is 11.6 Å². The number of aryl methyl sites for hydroxylation is 1. The number of halogens is 1. The van der Waals surface area contributed by atoms with E-state index >= 15 is 0 Å². The summed E-state index contributed by atoms with van der Waals surface area (Å²) in [6.07, 6.45) is 2.94. The molecular weight excluding hydrogens is 342 g/mol. The molecule has 0 bridgehead atoms. The molecule has 1 fully saturated rings. The van der Waals surface area contributed by atoms with Crippen LogP contribution in [-0.2, 0) is 0 Å². The Bertz CT molecular complexity index is 662. The van der Waals surface area contributed by atoms with Crippen molar-refractivity contribution in [1.82, 2.24) is 4.98 Å². The number of aromatic nitrogens is 1. The third kappa shape index (κ3) is 3.19. The first-order chi connectivity index (χ1) is 10.7. The van der Waals surface area contributed by atoms with E-state index in [-0.39, 0.29) is 0 Å². The van der Waals surface area contributed by atoms with Crippen LogP contribution in [-0.4, -0.2) is 31.2 Å². The zero-order chi connectivity index (χ0) is 15.5. The predicted octanol–water partition coefficient (Wildman–Crippen LogP) is 3.85. The highest BCUT2D eigenvalue weighted by atomic mass is 79.9. The lowest BCUT2D eigenvalue weighted by Gasteiger charge is -2.21. The summed E-state index contributed by atoms with van der Waals surface area (Å²) < 4.78 is 6.50. The molecule has 1 atom stereocenters. The second-order valence-electron chi connectivity index (χ2n) is 5.57. The van der Waals surface area contributed by atoms with Gasteiger partial charge in [0.2, 0.25) is 0 Å². The van der Waals surface area contributed by atoms with Crippen molar-refractivity contribution >= 4 is 27.4 Å². The van der Waals surface area contributed by atoms with Gasteiger partial charge in [-0.05, 0) is 53.0 Å². The first kappa shape index (κ1) is 15.2. The Hall–Kier alpha value is -1.75. The monoisotopic (exact) mass is 361 g/mol. The van der Waals surface area contributed by atoms with Gasteiger partial charge in [-0.3, -0.25) is 0 Å². The van der Waals surface area contributed by atoms with Crippen LogP contribution in [0.3, 0.4) is 0 Å². The SMILES string of the molecule is COc1ccccc1N1CCC(Nc2cc(C)c(Br)cn2)C1. The summed E-state index contributed by atoms with van der Waals surface area (Å²) in [5.41, 5.74) is 2.35. The summed E-state index contributed by atoms with van der Waals surface area (Å²) in [5, 5.41) is 3.53. The van der Waals surface area contributed by atoms with Gasteiger partial charge in [0.15, 0.2) is 0 Å². The number of methoxy groups -OCH3 is 1. The Labute approximate surface area is 139 Å². The number of hydrogen-bond donors (Lipinski definition) is 1. The number of hydrogen-bond acceptors (Lipinski definition) is 4. The molecule has 116 valence electrons. The molecule has 0 spiro atoms. The van der Waals surface area contributed by atoms with Crippen LogP contribution in [0.1, 0.15) is 12.0 Å². The van der Waals surface area contributed by atoms with Crippen LogP contribution in [0.5, 0.6) is 5.75 Å². The third-order valence-electron chi connectivity index (χ3n) is 4.01. The van der Waals surface area contributed by atoms with Crippen molar-refractivity contribution in [2.24, 2.45) is 0 Å². The Balaban J connectivity index is 1.68. The normalized spacial score (nSPS) is 17.6. The van der Waals surface area contributed by atoms with E-state index in [1.54, 1.807) is 7.11 Å². The van der Waals surface area contributed by atoms with Crippen molar-refractivity contribution in [1.29, 1.82) is 0 Å². The Morgan fingerprint density at radius 2 is 2.18 bits per heavy atom. The summed E-state index contributed by atoms with van der Waals surface area (Å²) in [6, 6.07) is 10.7. The van der Waals surface area contributed by atoms with Crippen LogP contribution in [0.15, 0.2) is 41.0 Å². The van der Waals surface area contributed by atoms with Gasteiger partial charge in [0, 0.05) is 29.8 Å². The summed E-state index contributed by atoms with van der Waals surface area (Å²) >= 11 is 3.49. The van der Waals surface area contributed by atoms with E-state index in [0.717, 1.165) is 41.2 Å². The maximum Gasteiger partial charge on any atom is 0.142 e. The second-order valence-corrected chi connectivity index (χ2v) is 6.42. The van der Waals surface area contributed by atoms with Crippen molar-refractivity contribution in [3.8, 4) is 5.75 Å². The van der Waals surface area contributed by atoms with E-state index in [1.807, 2.05) is 18.3 Å². The molecule has 0 aliphatic carbocycles. The lowest BCUT2D eigenvalue weighted by Crippen LogP contribution is -2.26. The smallest absolute Gasteiger partial charge is 0.142 e. The van der Waals surface area contributed by atoms with Crippen LogP contribution in [0, 0.1) is 6.92 Å². The van der Waals surface area contributed by atoms with Crippen LogP contribution in [0.25, 0.3) is 0 Å². The molecule has 0 radical (unpaired) electrons. The maximum absolute atomic E-state index is 5.46. The second kappa shape index (κ2) is 6.57. The number of pyridine rings is 1. The molecule has 5 heteroatoms. The minimum Gasteiger partial charge on any atom is -0.495 e. The standard InChI is InChI=1S/C17H20BrN3O/c1-12-9-17(19-10-14(12)18)20-13-7-8-21(11-13)15-5-3-4-6-16(15)22-2/h3-6,9-10,13H,7-8,11H2,1-2H3,(H,19,20). The summed E-state index contributed by atoms with van der Waals surface area (Å²) in [4.78, 5) is 6.80. The van der Waals surface area contributed by atoms with Gasteiger partial charge in [-0.1, -0.05) is 12.1 Å². The molecule has 1 saturated heterocycles. The summed E-state index contributed by atoms with van der Waals surface area (Å²) in [5.74, 6) is 1.87. The number of para-hydroxylation sites is 2. The zero-order valence-electron chi connectivity index (χ0n) is 12.8. The van der Waals surface area contributed by atoms with Crippen molar-refractivity contribution in [3.63, 3.8) is 0 Å². The van der Waals surface area contributed by atoms with Crippen molar-refractivity contribution in [2.45, 2.75) is 19.4 Å². The molecule has 4 nitrogen and oxygen atoms in total. The van der Waals surface area contributed by atoms with Gasteiger partial charge in [0.25, 0.3) is 0 Å². The van der Waals surface area contributed by atoms with Gasteiger partial charge in [0.05, 0.1) is 12.8 Å². The van der Waals surface area contributed by atoms with Gasteiger partial charge < -0.3 is 15.0 Å². The van der Waals surface area contributed by atoms with Gasteiger partial charge >= 0.3 is 0 Å². The minimum absolute atomic E-state index is 0.401. The van der Waals surface area contributed by atoms with Crippen LogP contribution in [0.4, 0.5) is 11.5 Å². The quantitative estimate of drug-likeness (QED) is 0.897. The lowest BCUT2D eigenvalue weighted by atomic mass is 10.2. The molecule has 1 aliphatic heterocycles. The maximum atomic E-state index is 5.46. The molecule has 1 aromatic carbocycles. The molecule has 22 heavy (non-hydrogen) atoms. The fourth-order valence-corrected chi connectivity index (χ4v) is 3.03. The molecule has 1 aliphatic rings. The molecule has 1 N–H and O–H groups in total. The molecule has 3 rings (SSSR count). The fourth-order valence-electron chi connectivity index (χ4n) is 2.82. The largest absolute Gasteiger partial charge is 0.495 e. The van der Waals surface area contributed by atoms with Crippen molar-refractivity contribution in [2.75, 3.05) is 30.4 Å². The van der Waals surface area contributed by atoms with Gasteiger partial charge in [-0.2, -0.15) is 0 Å². The third-order valence-corrected chi connectivity index (χ3v) is 4.84. The lowest BCUT2D eigenvalue weighted by molar-refractivity contribution is 0.415. The van der Waals surface area contributed by atoms with E-state index in [4.69, 9.17) is 4.74 Å². The van der Waals surface area contributed by atoms with E-state index in [0.29, 0.717) is 6.04 Å². The summed E-state index contributed by atoms with van der Waals surface area (Å²) in [6.45, 7) is 4.05. The molecule has 2 aromatic rings. The molecule has 2 heterocycles. The highest BCUT2D eigenvalue weighted by molar-refractivity contribution is 9.10. The topological polar surface area (TPSA) is 37.4 Å². The number of benzene rings is 1. The van der Waals surface area contributed by atoms with E-state index in [9.17, 15) is 0 Å². The average Bonchev–Trinajstić information content (AvgIpc) is 2.99. The Morgan fingerprint density at radius 3 is 2.95 bits per heavy atom. The van der Waals surface area contributed by atoms with E-state index < -0.39 is 0 Å². The highest BCUT2D eigenvalue weighted by Crippen LogP contribution is 2.31. The summed E-state index contributed by atoms with van der Waals surface area (Å²) in [7, 11) is 1.72. The number of nitrogens with zero attached hydrogens (tertiary/aromatic N) is 2. The number of anilines is 2. The van der Waals surface area contributed by atoms with Crippen LogP contribution in [0.2, 0.25) is 0 Å². The molecule has 0 saturated carbocycles. The minimum atomic E-state index is 0.401. The molecule has 0 amide bonds. The van der Waals surface area contributed by atoms with Gasteiger partial charge in [-0.25, -0.2) is 4.98 Å². The number of nitrogens with one attached hydrogen (secondary N) is 1. The van der Waals surface area contributed by atoms with E-state index in [2.05, 4.69) is 56.3 Å². The highest BCUT2D eigenvalue weighted by Gasteiger charge is 2.24. The Kier molecular flexibility index (Phi) is 4.52. The van der Waals surface area contributed by atoms with Crippen LogP contribution >= 0.6 is 15.9 Å². The first-order valence-electron chi connectivity index (χ1n) is 7.44. The molecular formula is C17H20BrN3O. The van der Waals surface area contributed by atoms with Crippen molar-refractivity contribution in [3.05, 3.63) is 46.6 Å². The fraction of sp³-hybridized carbons (Fsp3) is 0.353. The Morgan fingerprint density at radius 1 is 1.36 bits per heavy atom. The van der Waals surface area contributed by atoms with Crippen molar-refractivity contribution < 1.29 is 4.74 Å². The molecule has 1 aromatic heterocycles. The van der Waals surface area contributed by atoms with E-state index in [1.165, 1.54) is 5.56 Å².